The van der Waals surface area contributed by atoms with Gasteiger partial charge in [-0.15, -0.1) is 0 Å². The van der Waals surface area contributed by atoms with Crippen molar-refractivity contribution in [1.82, 2.24) is 4.90 Å². The van der Waals surface area contributed by atoms with Crippen LogP contribution in [0.15, 0.2) is 48.5 Å². The number of phenolic OH excluding ortho intramolecular Hbond substituents is 1. The number of likely N-dealkylation sites (tertiary alicyclic amines) is 1. The average Bonchev–Trinajstić information content (AvgIpc) is 2.66. The summed E-state index contributed by atoms with van der Waals surface area (Å²) in [5.74, 6) is -1.66. The maximum atomic E-state index is 12.8. The number of benzene rings is 2. The lowest BCUT2D eigenvalue weighted by atomic mass is 9.72. The third-order valence-corrected chi connectivity index (χ3v) is 5.36. The van der Waals surface area contributed by atoms with E-state index in [1.807, 2.05) is 6.07 Å². The monoisotopic (exact) mass is 389 g/mol. The highest BCUT2D eigenvalue weighted by atomic mass is 35.5. The lowest BCUT2D eigenvalue weighted by Crippen LogP contribution is -2.58. The van der Waals surface area contributed by atoms with Gasteiger partial charge in [0, 0.05) is 18.7 Å². The number of carboxylic acids is 1. The van der Waals surface area contributed by atoms with Gasteiger partial charge in [-0.2, -0.15) is 0 Å². The second-order valence-corrected chi connectivity index (χ2v) is 7.23. The Bertz CT molecular complexity index is 857. The van der Waals surface area contributed by atoms with E-state index in [1.54, 1.807) is 24.3 Å². The van der Waals surface area contributed by atoms with Crippen molar-refractivity contribution in [2.75, 3.05) is 13.1 Å². The SMILES string of the molecule is O=C(c1ccc(O)c(Cl)c1)N1CC[C@H](O)[C@](Cc2ccccc2)(C(=O)O)C1. The first-order chi connectivity index (χ1) is 12.8. The van der Waals surface area contributed by atoms with Gasteiger partial charge in [-0.25, -0.2) is 0 Å². The molecule has 0 radical (unpaired) electrons. The molecule has 2 atom stereocenters. The van der Waals surface area contributed by atoms with Crippen molar-refractivity contribution in [2.24, 2.45) is 5.41 Å². The second kappa shape index (κ2) is 7.58. The van der Waals surface area contributed by atoms with E-state index in [-0.39, 0.29) is 48.2 Å². The molecule has 3 rings (SSSR count). The van der Waals surface area contributed by atoms with Crippen LogP contribution in [0.2, 0.25) is 5.02 Å². The molecule has 142 valence electrons. The molecule has 6 nitrogen and oxygen atoms in total. The molecule has 1 saturated heterocycles. The number of hydrogen-bond acceptors (Lipinski definition) is 4. The lowest BCUT2D eigenvalue weighted by molar-refractivity contribution is -0.161. The van der Waals surface area contributed by atoms with Gasteiger partial charge in [-0.3, -0.25) is 9.59 Å². The van der Waals surface area contributed by atoms with Crippen molar-refractivity contribution in [3.8, 4) is 5.75 Å². The van der Waals surface area contributed by atoms with E-state index in [0.717, 1.165) is 5.56 Å². The number of hydrogen-bond donors (Lipinski definition) is 3. The number of aromatic hydroxyl groups is 1. The summed E-state index contributed by atoms with van der Waals surface area (Å²) in [4.78, 5) is 26.4. The molecule has 2 aromatic carbocycles. The zero-order valence-electron chi connectivity index (χ0n) is 14.5. The first kappa shape index (κ1) is 19.2. The highest BCUT2D eigenvalue weighted by Crippen LogP contribution is 2.35. The summed E-state index contributed by atoms with van der Waals surface area (Å²) < 4.78 is 0. The van der Waals surface area contributed by atoms with Crippen molar-refractivity contribution in [3.05, 3.63) is 64.7 Å². The fourth-order valence-corrected chi connectivity index (χ4v) is 3.68. The summed E-state index contributed by atoms with van der Waals surface area (Å²) in [6.45, 7) is 0.123. The van der Waals surface area contributed by atoms with E-state index in [4.69, 9.17) is 11.6 Å². The molecule has 7 heteroatoms. The number of aliphatic hydroxyl groups is 1. The molecule has 2 aromatic rings. The number of nitrogens with zero attached hydrogens (tertiary/aromatic N) is 1. The number of carbonyl (C=O) groups excluding carboxylic acids is 1. The number of carbonyl (C=O) groups is 2. The van der Waals surface area contributed by atoms with E-state index in [2.05, 4.69) is 0 Å². The number of aliphatic carboxylic acids is 1. The van der Waals surface area contributed by atoms with Crippen LogP contribution in [0.25, 0.3) is 0 Å². The third kappa shape index (κ3) is 3.77. The van der Waals surface area contributed by atoms with E-state index in [9.17, 15) is 24.9 Å². The third-order valence-electron chi connectivity index (χ3n) is 5.05. The Morgan fingerprint density at radius 1 is 1.19 bits per heavy atom. The quantitative estimate of drug-likeness (QED) is 0.746. The topological polar surface area (TPSA) is 98.1 Å². The molecule has 1 heterocycles. The lowest BCUT2D eigenvalue weighted by Gasteiger charge is -2.43. The van der Waals surface area contributed by atoms with Gasteiger partial charge in [0.05, 0.1) is 11.1 Å². The molecule has 1 amide bonds. The van der Waals surface area contributed by atoms with Crippen LogP contribution in [0.1, 0.15) is 22.3 Å². The number of aliphatic hydroxyl groups excluding tert-OH is 1. The molecule has 3 N–H and O–H groups in total. The predicted octanol–water partition coefficient (Wildman–Crippen LogP) is 2.57. The normalized spacial score (nSPS) is 22.4. The van der Waals surface area contributed by atoms with Crippen LogP contribution in [0, 0.1) is 5.41 Å². The van der Waals surface area contributed by atoms with Gasteiger partial charge in [0.25, 0.3) is 5.91 Å². The minimum absolute atomic E-state index is 0.0478. The summed E-state index contributed by atoms with van der Waals surface area (Å²) in [5.41, 5.74) is -0.454. The molecule has 0 aliphatic carbocycles. The molecule has 1 aliphatic rings. The second-order valence-electron chi connectivity index (χ2n) is 6.82. The number of carboxylic acid groups (broad SMARTS) is 1. The predicted molar refractivity (Wildman–Crippen MR) is 99.9 cm³/mol. The Morgan fingerprint density at radius 3 is 2.52 bits per heavy atom. The van der Waals surface area contributed by atoms with Crippen LogP contribution in [-0.2, 0) is 11.2 Å². The fourth-order valence-electron chi connectivity index (χ4n) is 3.49. The molecule has 0 unspecified atom stereocenters. The molecule has 0 saturated carbocycles. The zero-order valence-corrected chi connectivity index (χ0v) is 15.3. The maximum Gasteiger partial charge on any atom is 0.314 e. The van der Waals surface area contributed by atoms with Crippen LogP contribution in [-0.4, -0.2) is 51.3 Å². The number of piperidine rings is 1. The van der Waals surface area contributed by atoms with Gasteiger partial charge in [-0.1, -0.05) is 41.9 Å². The fraction of sp³-hybridized carbons (Fsp3) is 0.300. The summed E-state index contributed by atoms with van der Waals surface area (Å²) in [6.07, 6.45) is -0.788. The standard InChI is InChI=1S/C20H20ClNO5/c21-15-10-14(6-7-16(15)23)18(25)22-9-8-17(24)20(12-22,19(26)27)11-13-4-2-1-3-5-13/h1-7,10,17,23-24H,8-9,11-12H2,(H,26,27)/t17-,20+/m0/s1. The molecular weight excluding hydrogens is 370 g/mol. The number of halogens is 1. The molecule has 0 aromatic heterocycles. The highest BCUT2D eigenvalue weighted by Gasteiger charge is 2.50. The van der Waals surface area contributed by atoms with Gasteiger partial charge in [0.1, 0.15) is 11.2 Å². The maximum absolute atomic E-state index is 12.8. The van der Waals surface area contributed by atoms with Gasteiger partial charge < -0.3 is 20.2 Å². The Morgan fingerprint density at radius 2 is 1.89 bits per heavy atom. The molecule has 0 bridgehead atoms. The molecule has 0 spiro atoms. The molecule has 1 aliphatic heterocycles. The van der Waals surface area contributed by atoms with Crippen molar-refractivity contribution >= 4 is 23.5 Å². The number of amides is 1. The summed E-state index contributed by atoms with van der Waals surface area (Å²) >= 11 is 5.88. The van der Waals surface area contributed by atoms with Gasteiger partial charge >= 0.3 is 5.97 Å². The number of rotatable bonds is 4. The minimum Gasteiger partial charge on any atom is -0.506 e. The summed E-state index contributed by atoms with van der Waals surface area (Å²) in [6, 6.07) is 13.2. The highest BCUT2D eigenvalue weighted by molar-refractivity contribution is 6.32. The Balaban J connectivity index is 1.89. The smallest absolute Gasteiger partial charge is 0.314 e. The Kier molecular flexibility index (Phi) is 5.39. The largest absolute Gasteiger partial charge is 0.506 e. The van der Waals surface area contributed by atoms with Crippen molar-refractivity contribution in [3.63, 3.8) is 0 Å². The van der Waals surface area contributed by atoms with Crippen LogP contribution >= 0.6 is 11.6 Å². The first-order valence-electron chi connectivity index (χ1n) is 8.57. The van der Waals surface area contributed by atoms with E-state index in [0.29, 0.717) is 0 Å². The first-order valence-corrected chi connectivity index (χ1v) is 8.94. The van der Waals surface area contributed by atoms with Crippen molar-refractivity contribution in [1.29, 1.82) is 0 Å². The van der Waals surface area contributed by atoms with Crippen LogP contribution < -0.4 is 0 Å². The zero-order chi connectivity index (χ0) is 19.6. The van der Waals surface area contributed by atoms with Crippen molar-refractivity contribution in [2.45, 2.75) is 18.9 Å². The molecule has 27 heavy (non-hydrogen) atoms. The van der Waals surface area contributed by atoms with Crippen LogP contribution in [0.5, 0.6) is 5.75 Å². The van der Waals surface area contributed by atoms with Crippen molar-refractivity contribution < 1.29 is 24.9 Å². The Labute approximate surface area is 161 Å². The van der Waals surface area contributed by atoms with Gasteiger partial charge in [0.2, 0.25) is 0 Å². The summed E-state index contributed by atoms with van der Waals surface area (Å²) in [7, 11) is 0. The minimum atomic E-state index is -1.49. The summed E-state index contributed by atoms with van der Waals surface area (Å²) in [5, 5.41) is 30.0. The van der Waals surface area contributed by atoms with Gasteiger partial charge in [-0.05, 0) is 36.6 Å². The average molecular weight is 390 g/mol. The number of phenols is 1. The van der Waals surface area contributed by atoms with Crippen LogP contribution in [0.3, 0.4) is 0 Å². The molecular formula is C20H20ClNO5. The van der Waals surface area contributed by atoms with Gasteiger partial charge in [0.15, 0.2) is 0 Å². The Hall–Kier alpha value is -2.57. The van der Waals surface area contributed by atoms with E-state index < -0.39 is 17.5 Å². The van der Waals surface area contributed by atoms with E-state index >= 15 is 0 Å². The van der Waals surface area contributed by atoms with Crippen LogP contribution in [0.4, 0.5) is 0 Å². The molecule has 1 fully saturated rings. The van der Waals surface area contributed by atoms with E-state index in [1.165, 1.54) is 23.1 Å².